The lowest BCUT2D eigenvalue weighted by molar-refractivity contribution is -0.160. The molecule has 0 radical (unpaired) electrons. The molecule has 0 bridgehead atoms. The minimum atomic E-state index is -0.608. The van der Waals surface area contributed by atoms with Gasteiger partial charge in [0, 0.05) is 30.8 Å². The first-order valence-electron chi connectivity index (χ1n) is 7.82. The number of benzene rings is 1. The minimum absolute atomic E-state index is 0.0832. The normalized spacial score (nSPS) is 21.3. The number of carbonyl (C=O) groups is 1. The number of ether oxygens (including phenoxy) is 1. The summed E-state index contributed by atoms with van der Waals surface area (Å²) in [6, 6.07) is 10.4. The Morgan fingerprint density at radius 1 is 1.26 bits per heavy atom. The van der Waals surface area contributed by atoms with Gasteiger partial charge in [-0.1, -0.05) is 0 Å². The van der Waals surface area contributed by atoms with Gasteiger partial charge in [0.2, 0.25) is 0 Å². The summed E-state index contributed by atoms with van der Waals surface area (Å²) >= 11 is 0. The SMILES string of the molecule is Cc1ccc(-c2ccc(F)cc2)n1CC[C@H]1C[C@H](O)CC(=O)O1. The van der Waals surface area contributed by atoms with E-state index in [1.54, 1.807) is 12.1 Å². The highest BCUT2D eigenvalue weighted by molar-refractivity contribution is 5.71. The highest BCUT2D eigenvalue weighted by atomic mass is 19.1. The standard InChI is InChI=1S/C18H20FNO3/c1-12-2-7-17(13-3-5-14(19)6-4-13)20(12)9-8-16-10-15(21)11-18(22)23-16/h2-7,15-16,21H,8-11H2,1H3/t15-,16-/m0/s1. The predicted octanol–water partition coefficient (Wildman–Crippen LogP) is 3.06. The van der Waals surface area contributed by atoms with Crippen LogP contribution in [0.4, 0.5) is 4.39 Å². The van der Waals surface area contributed by atoms with Crippen LogP contribution in [0.25, 0.3) is 11.3 Å². The summed E-state index contributed by atoms with van der Waals surface area (Å²) in [4.78, 5) is 11.4. The molecule has 1 saturated heterocycles. The first-order chi connectivity index (χ1) is 11.0. The van der Waals surface area contributed by atoms with Crippen LogP contribution in [0.3, 0.4) is 0 Å². The second kappa shape index (κ2) is 6.54. The summed E-state index contributed by atoms with van der Waals surface area (Å²) in [5.41, 5.74) is 3.04. The zero-order valence-electron chi connectivity index (χ0n) is 13.0. The first-order valence-corrected chi connectivity index (χ1v) is 7.82. The quantitative estimate of drug-likeness (QED) is 0.882. The Morgan fingerprint density at radius 2 is 2.00 bits per heavy atom. The lowest BCUT2D eigenvalue weighted by Gasteiger charge is -2.26. The van der Waals surface area contributed by atoms with E-state index in [2.05, 4.69) is 4.57 Å². The van der Waals surface area contributed by atoms with Crippen LogP contribution in [0.1, 0.15) is 25.0 Å². The number of hydrogen-bond acceptors (Lipinski definition) is 3. The maximum absolute atomic E-state index is 13.1. The maximum Gasteiger partial charge on any atom is 0.308 e. The molecule has 2 atom stereocenters. The lowest BCUT2D eigenvalue weighted by atomic mass is 10.0. The van der Waals surface area contributed by atoms with Gasteiger partial charge in [0.15, 0.2) is 0 Å². The second-order valence-corrected chi connectivity index (χ2v) is 6.01. The first kappa shape index (κ1) is 15.7. The number of hydrogen-bond donors (Lipinski definition) is 1. The Hall–Kier alpha value is -2.14. The molecule has 1 fully saturated rings. The molecule has 0 amide bonds. The highest BCUT2D eigenvalue weighted by Gasteiger charge is 2.27. The molecular weight excluding hydrogens is 297 g/mol. The Kier molecular flexibility index (Phi) is 4.48. The van der Waals surface area contributed by atoms with Crippen molar-refractivity contribution in [1.82, 2.24) is 4.57 Å². The average Bonchev–Trinajstić information content (AvgIpc) is 2.86. The Labute approximate surface area is 134 Å². The van der Waals surface area contributed by atoms with Crippen LogP contribution in [-0.4, -0.2) is 27.9 Å². The van der Waals surface area contributed by atoms with Crippen LogP contribution in [0, 0.1) is 12.7 Å². The summed E-state index contributed by atoms with van der Waals surface area (Å²) in [6.45, 7) is 2.69. The van der Waals surface area contributed by atoms with Gasteiger partial charge in [0.25, 0.3) is 0 Å². The van der Waals surface area contributed by atoms with E-state index in [0.717, 1.165) is 17.0 Å². The number of aryl methyl sites for hydroxylation is 1. The lowest BCUT2D eigenvalue weighted by Crippen LogP contribution is -2.33. The van der Waals surface area contributed by atoms with Crippen molar-refractivity contribution in [3.05, 3.63) is 47.9 Å². The number of aliphatic hydroxyl groups excluding tert-OH is 1. The second-order valence-electron chi connectivity index (χ2n) is 6.01. The summed E-state index contributed by atoms with van der Waals surface area (Å²) in [7, 11) is 0. The van der Waals surface area contributed by atoms with Crippen LogP contribution in [0.2, 0.25) is 0 Å². The zero-order chi connectivity index (χ0) is 16.4. The van der Waals surface area contributed by atoms with E-state index >= 15 is 0 Å². The van der Waals surface area contributed by atoms with Crippen molar-refractivity contribution >= 4 is 5.97 Å². The number of rotatable bonds is 4. The smallest absolute Gasteiger partial charge is 0.308 e. The zero-order valence-corrected chi connectivity index (χ0v) is 13.0. The molecule has 4 nitrogen and oxygen atoms in total. The predicted molar refractivity (Wildman–Crippen MR) is 84.3 cm³/mol. The van der Waals surface area contributed by atoms with E-state index in [0.29, 0.717) is 19.4 Å². The van der Waals surface area contributed by atoms with Gasteiger partial charge < -0.3 is 14.4 Å². The summed E-state index contributed by atoms with van der Waals surface area (Å²) in [5, 5.41) is 9.68. The number of nitrogens with zero attached hydrogens (tertiary/aromatic N) is 1. The molecular formula is C18H20FNO3. The van der Waals surface area contributed by atoms with Crippen molar-refractivity contribution in [2.45, 2.75) is 44.9 Å². The molecule has 0 aliphatic carbocycles. The molecule has 3 rings (SSSR count). The number of aliphatic hydroxyl groups is 1. The molecule has 0 unspecified atom stereocenters. The van der Waals surface area contributed by atoms with E-state index in [1.165, 1.54) is 12.1 Å². The van der Waals surface area contributed by atoms with Gasteiger partial charge in [0.1, 0.15) is 11.9 Å². The van der Waals surface area contributed by atoms with E-state index in [9.17, 15) is 14.3 Å². The third-order valence-electron chi connectivity index (χ3n) is 4.25. The molecule has 1 N–H and O–H groups in total. The number of aromatic nitrogens is 1. The molecule has 1 aromatic carbocycles. The third kappa shape index (κ3) is 3.62. The van der Waals surface area contributed by atoms with Crippen molar-refractivity contribution in [3.63, 3.8) is 0 Å². The van der Waals surface area contributed by atoms with E-state index in [1.807, 2.05) is 19.1 Å². The topological polar surface area (TPSA) is 51.5 Å². The molecule has 122 valence electrons. The molecule has 2 heterocycles. The van der Waals surface area contributed by atoms with Crippen LogP contribution in [-0.2, 0) is 16.1 Å². The Bertz CT molecular complexity index is 693. The molecule has 1 aliphatic heterocycles. The number of cyclic esters (lactones) is 1. The molecule has 1 aliphatic rings. The maximum atomic E-state index is 13.1. The number of carbonyl (C=O) groups excluding carboxylic acids is 1. The summed E-state index contributed by atoms with van der Waals surface area (Å²) < 4.78 is 20.5. The van der Waals surface area contributed by atoms with Crippen molar-refractivity contribution < 1.29 is 19.0 Å². The number of esters is 1. The van der Waals surface area contributed by atoms with Gasteiger partial charge in [0.05, 0.1) is 12.5 Å². The van der Waals surface area contributed by atoms with Gasteiger partial charge in [-0.25, -0.2) is 4.39 Å². The van der Waals surface area contributed by atoms with Crippen molar-refractivity contribution in [3.8, 4) is 11.3 Å². The van der Waals surface area contributed by atoms with Crippen LogP contribution >= 0.6 is 0 Å². The fourth-order valence-electron chi connectivity index (χ4n) is 3.05. The van der Waals surface area contributed by atoms with Gasteiger partial charge in [-0.15, -0.1) is 0 Å². The van der Waals surface area contributed by atoms with Crippen LogP contribution in [0.5, 0.6) is 0 Å². The van der Waals surface area contributed by atoms with Crippen molar-refractivity contribution in [1.29, 1.82) is 0 Å². The molecule has 23 heavy (non-hydrogen) atoms. The van der Waals surface area contributed by atoms with Crippen molar-refractivity contribution in [2.75, 3.05) is 0 Å². The Morgan fingerprint density at radius 3 is 2.70 bits per heavy atom. The molecule has 5 heteroatoms. The van der Waals surface area contributed by atoms with Gasteiger partial charge in [-0.3, -0.25) is 4.79 Å². The molecule has 0 saturated carbocycles. The summed E-state index contributed by atoms with van der Waals surface area (Å²) in [6.07, 6.45) is 0.349. The fourth-order valence-corrected chi connectivity index (χ4v) is 3.05. The van der Waals surface area contributed by atoms with E-state index < -0.39 is 6.10 Å². The van der Waals surface area contributed by atoms with Crippen molar-refractivity contribution in [2.24, 2.45) is 0 Å². The summed E-state index contributed by atoms with van der Waals surface area (Å²) in [5.74, 6) is -0.594. The van der Waals surface area contributed by atoms with Gasteiger partial charge in [-0.2, -0.15) is 0 Å². The van der Waals surface area contributed by atoms with Gasteiger partial charge in [-0.05, 0) is 48.9 Å². The van der Waals surface area contributed by atoms with Crippen LogP contribution in [0.15, 0.2) is 36.4 Å². The molecule has 1 aromatic heterocycles. The fraction of sp³-hybridized carbons (Fsp3) is 0.389. The third-order valence-corrected chi connectivity index (χ3v) is 4.25. The largest absolute Gasteiger partial charge is 0.462 e. The average molecular weight is 317 g/mol. The van der Waals surface area contributed by atoms with Gasteiger partial charge >= 0.3 is 5.97 Å². The van der Waals surface area contributed by atoms with Crippen LogP contribution < -0.4 is 0 Å². The van der Waals surface area contributed by atoms with E-state index in [-0.39, 0.29) is 24.3 Å². The highest BCUT2D eigenvalue weighted by Crippen LogP contribution is 2.25. The monoisotopic (exact) mass is 317 g/mol. The van der Waals surface area contributed by atoms with E-state index in [4.69, 9.17) is 4.74 Å². The molecule has 0 spiro atoms. The Balaban J connectivity index is 1.74. The number of halogens is 1. The molecule has 2 aromatic rings. The minimum Gasteiger partial charge on any atom is -0.462 e.